The van der Waals surface area contributed by atoms with Crippen molar-refractivity contribution in [3.05, 3.63) is 0 Å². The molecule has 1 saturated carbocycles. The summed E-state index contributed by atoms with van der Waals surface area (Å²) in [6, 6.07) is 0.594. The molecule has 2 atom stereocenters. The summed E-state index contributed by atoms with van der Waals surface area (Å²) in [7, 11) is 0. The van der Waals surface area contributed by atoms with Crippen LogP contribution in [-0.2, 0) is 14.3 Å². The molecule has 4 heteroatoms. The summed E-state index contributed by atoms with van der Waals surface area (Å²) < 4.78 is 10.5. The van der Waals surface area contributed by atoms with Gasteiger partial charge in [0.2, 0.25) is 0 Å². The molecule has 2 heterocycles. The van der Waals surface area contributed by atoms with Gasteiger partial charge in [0.05, 0.1) is 30.8 Å². The quantitative estimate of drug-likeness (QED) is 0.631. The molecule has 0 aromatic rings. The van der Waals surface area contributed by atoms with Crippen LogP contribution in [0.4, 0.5) is 0 Å². The SMILES string of the molecule is CCOC(=O)C1(CN2CC3OC[C@@H]32)CC1. The summed E-state index contributed by atoms with van der Waals surface area (Å²) in [5.74, 6) is 0.00805. The van der Waals surface area contributed by atoms with Crippen molar-refractivity contribution in [2.24, 2.45) is 5.41 Å². The molecule has 2 aliphatic heterocycles. The van der Waals surface area contributed by atoms with Gasteiger partial charge in [-0.1, -0.05) is 0 Å². The molecule has 1 aliphatic carbocycles. The van der Waals surface area contributed by atoms with Crippen LogP contribution < -0.4 is 0 Å². The second kappa shape index (κ2) is 3.19. The molecule has 1 unspecified atom stereocenters. The Balaban J connectivity index is 1.55. The summed E-state index contributed by atoms with van der Waals surface area (Å²) in [5.41, 5.74) is -0.156. The van der Waals surface area contributed by atoms with Crippen LogP contribution in [0.5, 0.6) is 0 Å². The lowest BCUT2D eigenvalue weighted by Gasteiger charge is -2.55. The highest BCUT2D eigenvalue weighted by Gasteiger charge is 2.57. The summed E-state index contributed by atoms with van der Waals surface area (Å²) in [4.78, 5) is 14.1. The number of likely N-dealkylation sites (tertiary alicyclic amines) is 1. The molecule has 3 fully saturated rings. The maximum absolute atomic E-state index is 11.7. The van der Waals surface area contributed by atoms with E-state index in [2.05, 4.69) is 4.90 Å². The number of carbonyl (C=O) groups excluding carboxylic acids is 1. The van der Waals surface area contributed by atoms with Crippen molar-refractivity contribution in [3.63, 3.8) is 0 Å². The highest BCUT2D eigenvalue weighted by molar-refractivity contribution is 5.80. The fourth-order valence-corrected chi connectivity index (χ4v) is 2.49. The average molecular weight is 211 g/mol. The first-order chi connectivity index (χ1) is 7.25. The topological polar surface area (TPSA) is 38.8 Å². The number of ether oxygens (including phenoxy) is 2. The number of esters is 1. The lowest BCUT2D eigenvalue weighted by molar-refractivity contribution is -0.219. The first-order valence-corrected chi connectivity index (χ1v) is 5.78. The van der Waals surface area contributed by atoms with Gasteiger partial charge in [-0.25, -0.2) is 0 Å². The van der Waals surface area contributed by atoms with Crippen LogP contribution in [0.1, 0.15) is 19.8 Å². The Hall–Kier alpha value is -0.610. The number of fused-ring (bicyclic) bond motifs is 1. The van der Waals surface area contributed by atoms with Crippen molar-refractivity contribution in [1.29, 1.82) is 0 Å². The van der Waals surface area contributed by atoms with Crippen molar-refractivity contribution < 1.29 is 14.3 Å². The molecule has 3 aliphatic rings. The predicted octanol–water partition coefficient (Wildman–Crippen LogP) is 0.413. The largest absolute Gasteiger partial charge is 0.466 e. The van der Waals surface area contributed by atoms with E-state index in [4.69, 9.17) is 9.47 Å². The number of morpholine rings is 1. The summed E-state index contributed by atoms with van der Waals surface area (Å²) in [6.07, 6.45) is 2.46. The van der Waals surface area contributed by atoms with Crippen molar-refractivity contribution in [1.82, 2.24) is 4.90 Å². The molecule has 0 aromatic heterocycles. The van der Waals surface area contributed by atoms with Crippen molar-refractivity contribution >= 4 is 5.97 Å². The molecule has 0 radical (unpaired) electrons. The van der Waals surface area contributed by atoms with E-state index in [1.165, 1.54) is 0 Å². The molecule has 0 N–H and O–H groups in total. The van der Waals surface area contributed by atoms with Gasteiger partial charge in [0.1, 0.15) is 0 Å². The third-order valence-corrected chi connectivity index (χ3v) is 3.86. The highest BCUT2D eigenvalue weighted by atomic mass is 16.5. The molecule has 3 rings (SSSR count). The van der Waals surface area contributed by atoms with Crippen LogP contribution in [0.15, 0.2) is 0 Å². The van der Waals surface area contributed by atoms with Crippen molar-refractivity contribution in [2.75, 3.05) is 26.3 Å². The maximum Gasteiger partial charge on any atom is 0.313 e. The number of hydrogen-bond acceptors (Lipinski definition) is 4. The Labute approximate surface area is 89.5 Å². The van der Waals surface area contributed by atoms with Crippen LogP contribution in [0.2, 0.25) is 0 Å². The zero-order valence-electron chi connectivity index (χ0n) is 9.07. The van der Waals surface area contributed by atoms with E-state index in [9.17, 15) is 4.79 Å². The van der Waals surface area contributed by atoms with Crippen LogP contribution >= 0.6 is 0 Å². The molecule has 4 nitrogen and oxygen atoms in total. The Bertz CT molecular complexity index is 288. The first-order valence-electron chi connectivity index (χ1n) is 5.78. The number of carbonyl (C=O) groups is 1. The summed E-state index contributed by atoms with van der Waals surface area (Å²) in [5, 5.41) is 0. The van der Waals surface area contributed by atoms with Crippen molar-refractivity contribution in [2.45, 2.75) is 31.9 Å². The zero-order valence-corrected chi connectivity index (χ0v) is 9.07. The Morgan fingerprint density at radius 2 is 2.40 bits per heavy atom. The first kappa shape index (κ1) is 9.60. The lowest BCUT2D eigenvalue weighted by Crippen LogP contribution is -2.71. The molecule has 84 valence electrons. The van der Waals surface area contributed by atoms with E-state index in [-0.39, 0.29) is 11.4 Å². The van der Waals surface area contributed by atoms with Crippen molar-refractivity contribution in [3.8, 4) is 0 Å². The predicted molar refractivity (Wildman–Crippen MR) is 53.4 cm³/mol. The van der Waals surface area contributed by atoms with Crippen LogP contribution in [0, 0.1) is 5.41 Å². The van der Waals surface area contributed by atoms with E-state index in [1.807, 2.05) is 6.92 Å². The van der Waals surface area contributed by atoms with Gasteiger partial charge >= 0.3 is 5.97 Å². The van der Waals surface area contributed by atoms with Gasteiger partial charge in [-0.15, -0.1) is 0 Å². The molecule has 15 heavy (non-hydrogen) atoms. The van der Waals surface area contributed by atoms with E-state index < -0.39 is 0 Å². The number of nitrogens with zero attached hydrogens (tertiary/aromatic N) is 1. The van der Waals surface area contributed by atoms with E-state index in [0.717, 1.165) is 32.5 Å². The average Bonchev–Trinajstić information content (AvgIpc) is 2.94. The van der Waals surface area contributed by atoms with Gasteiger partial charge in [0.25, 0.3) is 0 Å². The highest BCUT2D eigenvalue weighted by Crippen LogP contribution is 2.49. The van der Waals surface area contributed by atoms with Crippen LogP contribution in [0.25, 0.3) is 0 Å². The normalized spacial score (nSPS) is 36.1. The molecule has 2 saturated heterocycles. The number of hydrogen-bond donors (Lipinski definition) is 0. The smallest absolute Gasteiger partial charge is 0.313 e. The van der Waals surface area contributed by atoms with E-state index in [1.54, 1.807) is 0 Å². The standard InChI is InChI=1S/C11H17NO3/c1-2-14-10(13)11(3-4-11)7-12-5-9-8(12)6-15-9/h8-9H,2-7H2,1H3/t8-,9?/m0/s1. The Morgan fingerprint density at radius 3 is 2.80 bits per heavy atom. The van der Waals surface area contributed by atoms with E-state index in [0.29, 0.717) is 18.8 Å². The molecule has 0 amide bonds. The molecule has 0 bridgehead atoms. The van der Waals surface area contributed by atoms with Gasteiger partial charge < -0.3 is 9.47 Å². The van der Waals surface area contributed by atoms with Gasteiger partial charge in [-0.3, -0.25) is 9.69 Å². The molecular weight excluding hydrogens is 194 g/mol. The minimum absolute atomic E-state index is 0.00805. The molecular formula is C11H17NO3. The Kier molecular flexibility index (Phi) is 2.04. The Morgan fingerprint density at radius 1 is 1.60 bits per heavy atom. The van der Waals surface area contributed by atoms with Crippen LogP contribution in [-0.4, -0.2) is 49.3 Å². The fraction of sp³-hybridized carbons (Fsp3) is 0.909. The van der Waals surface area contributed by atoms with Gasteiger partial charge in [0.15, 0.2) is 0 Å². The van der Waals surface area contributed by atoms with Crippen LogP contribution in [0.3, 0.4) is 0 Å². The molecule has 0 spiro atoms. The third-order valence-electron chi connectivity index (χ3n) is 3.86. The monoisotopic (exact) mass is 211 g/mol. The lowest BCUT2D eigenvalue weighted by atomic mass is 9.92. The fourth-order valence-electron chi connectivity index (χ4n) is 2.49. The van der Waals surface area contributed by atoms with Gasteiger partial charge in [0, 0.05) is 13.1 Å². The minimum atomic E-state index is -0.156. The maximum atomic E-state index is 11.7. The minimum Gasteiger partial charge on any atom is -0.466 e. The zero-order chi connectivity index (χ0) is 10.5. The summed E-state index contributed by atoms with van der Waals surface area (Å²) >= 11 is 0. The second-order valence-corrected chi connectivity index (χ2v) is 4.87. The van der Waals surface area contributed by atoms with E-state index >= 15 is 0 Å². The van der Waals surface area contributed by atoms with Gasteiger partial charge in [-0.2, -0.15) is 0 Å². The third kappa shape index (κ3) is 1.39. The second-order valence-electron chi connectivity index (χ2n) is 4.87. The molecule has 0 aromatic carbocycles. The summed E-state index contributed by atoms with van der Waals surface area (Å²) in [6.45, 7) is 5.11. The van der Waals surface area contributed by atoms with Gasteiger partial charge in [-0.05, 0) is 19.8 Å². The number of rotatable bonds is 4.